The van der Waals surface area contributed by atoms with Crippen LogP contribution in [0.25, 0.3) is 111 Å². The molecule has 0 aliphatic rings. The van der Waals surface area contributed by atoms with Gasteiger partial charge in [0.05, 0.1) is 61.5 Å². The molecule has 0 spiro atoms. The Kier molecular flexibility index (Phi) is 10.4. The van der Waals surface area contributed by atoms with Crippen molar-refractivity contribution in [1.29, 1.82) is 5.26 Å². The van der Waals surface area contributed by atoms with Gasteiger partial charge in [0.2, 0.25) is 0 Å². The summed E-state index contributed by atoms with van der Waals surface area (Å²) in [5.74, 6) is 0. The van der Waals surface area contributed by atoms with Crippen LogP contribution in [-0.2, 0) is 12.4 Å². The van der Waals surface area contributed by atoms with Crippen LogP contribution < -0.4 is 0 Å². The predicted molar refractivity (Wildman–Crippen MR) is 273 cm³/mol. The van der Waals surface area contributed by atoms with Crippen LogP contribution in [0.1, 0.15) is 16.7 Å². The Morgan fingerprint density at radius 1 is 0.375 bits per heavy atom. The van der Waals surface area contributed by atoms with Crippen molar-refractivity contribution in [2.24, 2.45) is 0 Å². The molecule has 0 saturated carbocycles. The van der Waals surface area contributed by atoms with E-state index in [1.807, 2.05) is 152 Å². The zero-order chi connectivity index (χ0) is 49.3. The number of nitriles is 1. The molecule has 12 aromatic rings. The number of para-hydroxylation sites is 2. The number of rotatable bonds is 7. The summed E-state index contributed by atoms with van der Waals surface area (Å²) < 4.78 is 96.1. The number of hydrogen-bond acceptors (Lipinski definition) is 3. The van der Waals surface area contributed by atoms with Gasteiger partial charge in [-0.15, -0.1) is 0 Å². The average Bonchev–Trinajstić information content (AvgIpc) is 3.92. The molecule has 0 unspecified atom stereocenters. The number of aromatic nitrogens is 4. The largest absolute Gasteiger partial charge is 0.417 e. The quantitative estimate of drug-likeness (QED) is 0.150. The van der Waals surface area contributed by atoms with E-state index in [1.165, 1.54) is 12.1 Å². The minimum Gasteiger partial charge on any atom is -0.309 e. The molecule has 72 heavy (non-hydrogen) atoms. The van der Waals surface area contributed by atoms with Crippen molar-refractivity contribution in [3.05, 3.63) is 229 Å². The van der Waals surface area contributed by atoms with Gasteiger partial charge in [-0.2, -0.15) is 31.6 Å². The van der Waals surface area contributed by atoms with E-state index in [0.717, 1.165) is 61.6 Å². The van der Waals surface area contributed by atoms with Crippen LogP contribution in [0.5, 0.6) is 0 Å². The van der Waals surface area contributed by atoms with E-state index in [2.05, 4.69) is 6.07 Å². The topological polar surface area (TPSA) is 59.4 Å². The summed E-state index contributed by atoms with van der Waals surface area (Å²) in [4.78, 5) is 9.44. The molecule has 346 valence electrons. The highest BCUT2D eigenvalue weighted by atomic mass is 19.4. The van der Waals surface area contributed by atoms with Crippen molar-refractivity contribution >= 4 is 43.6 Å². The summed E-state index contributed by atoms with van der Waals surface area (Å²) >= 11 is 0. The number of halogens is 6. The van der Waals surface area contributed by atoms with Crippen LogP contribution >= 0.6 is 0 Å². The smallest absolute Gasteiger partial charge is 0.309 e. The average molecular weight is 952 g/mol. The molecule has 5 nitrogen and oxygen atoms in total. The molecular formula is C61H35F6N5. The summed E-state index contributed by atoms with van der Waals surface area (Å²) in [7, 11) is 0. The van der Waals surface area contributed by atoms with Crippen LogP contribution in [0, 0.1) is 11.3 Å². The molecule has 11 heteroatoms. The molecular weight excluding hydrogens is 917 g/mol. The molecule has 0 fully saturated rings. The van der Waals surface area contributed by atoms with Crippen LogP contribution in [-0.4, -0.2) is 19.1 Å². The molecule has 0 saturated heterocycles. The normalized spacial score (nSPS) is 12.0. The molecule has 0 radical (unpaired) electrons. The van der Waals surface area contributed by atoms with Gasteiger partial charge in [-0.05, 0) is 83.9 Å². The van der Waals surface area contributed by atoms with E-state index in [4.69, 9.17) is 9.97 Å². The Bertz CT molecular complexity index is 4110. The van der Waals surface area contributed by atoms with Crippen molar-refractivity contribution in [2.75, 3.05) is 0 Å². The maximum atomic E-state index is 15.5. The molecule has 4 aromatic heterocycles. The fourth-order valence-corrected chi connectivity index (χ4v) is 10.3. The van der Waals surface area contributed by atoms with Crippen LogP contribution in [0.4, 0.5) is 26.3 Å². The summed E-state index contributed by atoms with van der Waals surface area (Å²) in [6.07, 6.45) is -7.00. The van der Waals surface area contributed by atoms with Gasteiger partial charge in [-0.3, -0.25) is 9.97 Å². The second-order valence-electron chi connectivity index (χ2n) is 17.4. The predicted octanol–water partition coefficient (Wildman–Crippen LogP) is 16.9. The lowest BCUT2D eigenvalue weighted by molar-refractivity contribution is -0.142. The lowest BCUT2D eigenvalue weighted by atomic mass is 9.90. The number of fused-ring (bicyclic) bond motifs is 6. The van der Waals surface area contributed by atoms with Gasteiger partial charge in [-0.25, -0.2) is 0 Å². The van der Waals surface area contributed by atoms with Gasteiger partial charge in [-0.1, -0.05) is 127 Å². The van der Waals surface area contributed by atoms with Crippen LogP contribution in [0.3, 0.4) is 0 Å². The fourth-order valence-electron chi connectivity index (χ4n) is 10.3. The SMILES string of the molecule is N#Cc1cc(-n2c3ccccc3c3cc(-c4cccnc4-c4ccccc4)ccc32)c(-c2c(C(F)(F)F)cccc2C(F)(F)F)cc1-n1c2ccccc2c2cc(-c3cccnc3-c3ccccc3)ccc21. The summed E-state index contributed by atoms with van der Waals surface area (Å²) in [5, 5.41) is 14.1. The Balaban J connectivity index is 1.15. The van der Waals surface area contributed by atoms with E-state index in [-0.39, 0.29) is 22.5 Å². The lowest BCUT2D eigenvalue weighted by Crippen LogP contribution is -2.15. The first-order chi connectivity index (χ1) is 35.0. The summed E-state index contributed by atoms with van der Waals surface area (Å²) in [6, 6.07) is 60.2. The van der Waals surface area contributed by atoms with E-state index in [1.54, 1.807) is 39.7 Å². The van der Waals surface area contributed by atoms with E-state index in [9.17, 15) is 5.26 Å². The number of alkyl halides is 6. The summed E-state index contributed by atoms with van der Waals surface area (Å²) in [6.45, 7) is 0. The minimum atomic E-state index is -5.22. The monoisotopic (exact) mass is 951 g/mol. The molecule has 0 aliphatic heterocycles. The third-order valence-electron chi connectivity index (χ3n) is 13.3. The lowest BCUT2D eigenvalue weighted by Gasteiger charge is -2.24. The third kappa shape index (κ3) is 7.26. The van der Waals surface area contributed by atoms with Gasteiger partial charge in [0.15, 0.2) is 0 Å². The van der Waals surface area contributed by atoms with E-state index in [0.29, 0.717) is 45.0 Å². The Hall–Kier alpha value is -9.27. The van der Waals surface area contributed by atoms with Crippen molar-refractivity contribution in [2.45, 2.75) is 12.4 Å². The van der Waals surface area contributed by atoms with Crippen molar-refractivity contribution in [3.8, 4) is 73.3 Å². The number of pyridine rings is 2. The zero-order valence-electron chi connectivity index (χ0n) is 37.7. The first kappa shape index (κ1) is 44.0. The molecule has 12 rings (SSSR count). The third-order valence-corrected chi connectivity index (χ3v) is 13.3. The molecule has 8 aromatic carbocycles. The highest BCUT2D eigenvalue weighted by Crippen LogP contribution is 2.49. The van der Waals surface area contributed by atoms with E-state index >= 15 is 26.3 Å². The number of benzene rings is 8. The van der Waals surface area contributed by atoms with Crippen molar-refractivity contribution in [3.63, 3.8) is 0 Å². The van der Waals surface area contributed by atoms with E-state index < -0.39 is 29.0 Å². The Labute approximate surface area is 407 Å². The molecule has 0 aliphatic carbocycles. The van der Waals surface area contributed by atoms with Gasteiger partial charge in [0.1, 0.15) is 6.07 Å². The molecule has 0 bridgehead atoms. The molecule has 4 heterocycles. The maximum Gasteiger partial charge on any atom is 0.417 e. The second kappa shape index (κ2) is 17.0. The van der Waals surface area contributed by atoms with Crippen LogP contribution in [0.15, 0.2) is 213 Å². The van der Waals surface area contributed by atoms with Crippen LogP contribution in [0.2, 0.25) is 0 Å². The Morgan fingerprint density at radius 3 is 1.29 bits per heavy atom. The second-order valence-corrected chi connectivity index (χ2v) is 17.4. The minimum absolute atomic E-state index is 0.0163. The number of nitrogens with zero attached hydrogens (tertiary/aromatic N) is 5. The molecule has 0 amide bonds. The highest BCUT2D eigenvalue weighted by Gasteiger charge is 2.42. The first-order valence-corrected chi connectivity index (χ1v) is 22.9. The van der Waals surface area contributed by atoms with Gasteiger partial charge in [0, 0.05) is 67.3 Å². The molecule has 0 atom stereocenters. The fraction of sp³-hybridized carbons (Fsp3) is 0.0328. The zero-order valence-corrected chi connectivity index (χ0v) is 37.7. The maximum absolute atomic E-state index is 15.5. The van der Waals surface area contributed by atoms with Crippen molar-refractivity contribution in [1.82, 2.24) is 19.1 Å². The number of hydrogen-bond donors (Lipinski definition) is 0. The van der Waals surface area contributed by atoms with Gasteiger partial charge in [0.25, 0.3) is 0 Å². The standard InChI is InChI=1S/C61H35F6N5/c62-60(63,64)49-22-11-23-50(61(65,66)67)57(49)48-35-55(71-51-24-9-7-18-44(51)46-32-39(26-28-53(46)71)42-20-12-30-69-58(42)37-14-3-1-4-15-37)41(36-68)34-56(48)72-52-25-10-8-19-45(52)47-33-40(27-29-54(47)72)43-21-13-31-70-59(43)38-16-5-2-6-17-38/h1-35H. The van der Waals surface area contributed by atoms with Gasteiger partial charge >= 0.3 is 12.4 Å². The highest BCUT2D eigenvalue weighted by molar-refractivity contribution is 6.13. The molecule has 0 N–H and O–H groups in total. The van der Waals surface area contributed by atoms with Crippen molar-refractivity contribution < 1.29 is 26.3 Å². The Morgan fingerprint density at radius 2 is 0.819 bits per heavy atom. The first-order valence-electron chi connectivity index (χ1n) is 22.9. The van der Waals surface area contributed by atoms with Gasteiger partial charge < -0.3 is 9.13 Å². The summed E-state index contributed by atoms with van der Waals surface area (Å²) in [5.41, 5.74) is 4.45.